The van der Waals surface area contributed by atoms with Gasteiger partial charge in [0, 0.05) is 9.89 Å². The molecule has 0 unspecified atom stereocenters. The molecule has 1 heteroatoms. The number of hydrogen-bond donors (Lipinski definition) is 0. The third kappa shape index (κ3) is 1.89. The zero-order valence-electron chi connectivity index (χ0n) is 12.7. The molecule has 108 valence electrons. The third-order valence-corrected chi connectivity index (χ3v) is 5.24. The Bertz CT molecular complexity index is 860. The number of rotatable bonds is 1. The fourth-order valence-electron chi connectivity index (χ4n) is 3.63. The Kier molecular flexibility index (Phi) is 3.02. The third-order valence-electron chi connectivity index (χ3n) is 4.75. The van der Waals surface area contributed by atoms with E-state index in [1.165, 1.54) is 33.4 Å². The van der Waals surface area contributed by atoms with Crippen molar-refractivity contribution in [2.24, 2.45) is 0 Å². The maximum absolute atomic E-state index is 3.64. The van der Waals surface area contributed by atoms with Crippen molar-refractivity contribution in [3.8, 4) is 22.3 Å². The van der Waals surface area contributed by atoms with Gasteiger partial charge in [-0.15, -0.1) is 0 Å². The molecule has 0 saturated carbocycles. The Morgan fingerprint density at radius 2 is 1.50 bits per heavy atom. The molecule has 0 saturated heterocycles. The highest BCUT2D eigenvalue weighted by Gasteiger charge is 2.36. The van der Waals surface area contributed by atoms with Crippen molar-refractivity contribution < 1.29 is 0 Å². The lowest BCUT2D eigenvalue weighted by molar-refractivity contribution is 0.660. The van der Waals surface area contributed by atoms with Gasteiger partial charge in [0.05, 0.1) is 0 Å². The summed E-state index contributed by atoms with van der Waals surface area (Å²) >= 11 is 3.64. The van der Waals surface area contributed by atoms with Crippen LogP contribution in [0.5, 0.6) is 0 Å². The zero-order valence-corrected chi connectivity index (χ0v) is 14.3. The molecule has 0 radical (unpaired) electrons. The van der Waals surface area contributed by atoms with E-state index in [1.54, 1.807) is 0 Å². The molecule has 0 spiro atoms. The first kappa shape index (κ1) is 13.8. The van der Waals surface area contributed by atoms with Crippen molar-refractivity contribution in [3.05, 3.63) is 82.3 Å². The minimum Gasteiger partial charge on any atom is -0.0622 e. The molecule has 0 aliphatic heterocycles. The van der Waals surface area contributed by atoms with E-state index in [2.05, 4.69) is 96.5 Å². The van der Waals surface area contributed by atoms with Crippen LogP contribution in [0.4, 0.5) is 0 Å². The van der Waals surface area contributed by atoms with Crippen molar-refractivity contribution in [1.29, 1.82) is 0 Å². The summed E-state index contributed by atoms with van der Waals surface area (Å²) in [7, 11) is 0. The second-order valence-corrected chi connectivity index (χ2v) is 7.32. The molecule has 0 N–H and O–H groups in total. The number of hydrogen-bond acceptors (Lipinski definition) is 0. The van der Waals surface area contributed by atoms with Gasteiger partial charge < -0.3 is 0 Å². The summed E-state index contributed by atoms with van der Waals surface area (Å²) in [5, 5.41) is 0. The van der Waals surface area contributed by atoms with Crippen molar-refractivity contribution in [2.45, 2.75) is 19.3 Å². The Labute approximate surface area is 140 Å². The predicted octanol–water partition coefficient (Wildman–Crippen LogP) is 6.42. The molecule has 0 heterocycles. The Hall–Kier alpha value is -1.86. The zero-order chi connectivity index (χ0) is 15.3. The molecule has 0 bridgehead atoms. The Balaban J connectivity index is 2.09. The highest BCUT2D eigenvalue weighted by atomic mass is 79.9. The number of benzene rings is 3. The van der Waals surface area contributed by atoms with Gasteiger partial charge in [0.1, 0.15) is 0 Å². The van der Waals surface area contributed by atoms with Crippen molar-refractivity contribution in [2.75, 3.05) is 0 Å². The summed E-state index contributed by atoms with van der Waals surface area (Å²) < 4.78 is 1.14. The Morgan fingerprint density at radius 1 is 0.727 bits per heavy atom. The lowest BCUT2D eigenvalue weighted by Gasteiger charge is -2.21. The minimum absolute atomic E-state index is 0.0517. The topological polar surface area (TPSA) is 0 Å². The minimum atomic E-state index is 0.0517. The lowest BCUT2D eigenvalue weighted by atomic mass is 9.82. The summed E-state index contributed by atoms with van der Waals surface area (Å²) in [5.74, 6) is 0. The normalized spacial score (nSPS) is 14.5. The van der Waals surface area contributed by atoms with Crippen LogP contribution in [0.15, 0.2) is 71.2 Å². The van der Waals surface area contributed by atoms with Gasteiger partial charge in [-0.25, -0.2) is 0 Å². The molecule has 3 aromatic rings. The van der Waals surface area contributed by atoms with Crippen molar-refractivity contribution in [3.63, 3.8) is 0 Å². The van der Waals surface area contributed by atoms with Gasteiger partial charge in [-0.3, -0.25) is 0 Å². The van der Waals surface area contributed by atoms with Gasteiger partial charge in [-0.05, 0) is 45.5 Å². The molecular formula is C21H17Br. The van der Waals surface area contributed by atoms with Gasteiger partial charge in [0.15, 0.2) is 0 Å². The lowest BCUT2D eigenvalue weighted by Crippen LogP contribution is -2.14. The largest absolute Gasteiger partial charge is 0.0622 e. The predicted molar refractivity (Wildman–Crippen MR) is 97.1 cm³/mol. The molecule has 0 nitrogen and oxygen atoms in total. The summed E-state index contributed by atoms with van der Waals surface area (Å²) in [4.78, 5) is 0. The van der Waals surface area contributed by atoms with Gasteiger partial charge in [0.2, 0.25) is 0 Å². The molecule has 3 aromatic carbocycles. The fraction of sp³-hybridized carbons (Fsp3) is 0.143. The van der Waals surface area contributed by atoms with Gasteiger partial charge >= 0.3 is 0 Å². The average molecular weight is 349 g/mol. The highest BCUT2D eigenvalue weighted by molar-refractivity contribution is 9.10. The molecule has 1 aliphatic rings. The van der Waals surface area contributed by atoms with E-state index in [1.807, 2.05) is 0 Å². The molecule has 0 aromatic heterocycles. The van der Waals surface area contributed by atoms with Gasteiger partial charge in [-0.1, -0.05) is 84.4 Å². The number of halogens is 1. The van der Waals surface area contributed by atoms with Crippen molar-refractivity contribution in [1.82, 2.24) is 0 Å². The van der Waals surface area contributed by atoms with Crippen LogP contribution in [0.1, 0.15) is 25.0 Å². The molecule has 0 fully saturated rings. The quantitative estimate of drug-likeness (QED) is 0.475. The summed E-state index contributed by atoms with van der Waals surface area (Å²) in [5.41, 5.74) is 8.22. The second-order valence-electron chi connectivity index (χ2n) is 6.41. The molecule has 22 heavy (non-hydrogen) atoms. The average Bonchev–Trinajstić information content (AvgIpc) is 2.76. The molecule has 0 amide bonds. The standard InChI is InChI=1S/C21H17Br/c1-21(2)18-12-11-15(22)13-17(18)20-16(9-6-10-19(20)21)14-7-4-3-5-8-14/h3-13H,1-2H3. The summed E-state index contributed by atoms with van der Waals surface area (Å²) in [6.07, 6.45) is 0. The Morgan fingerprint density at radius 3 is 2.27 bits per heavy atom. The van der Waals surface area contributed by atoms with Crippen LogP contribution < -0.4 is 0 Å². The summed E-state index contributed by atoms with van der Waals surface area (Å²) in [6, 6.07) is 24.0. The van der Waals surface area contributed by atoms with E-state index in [0.29, 0.717) is 0 Å². The molecule has 4 rings (SSSR count). The van der Waals surface area contributed by atoms with E-state index in [0.717, 1.165) is 4.47 Å². The van der Waals surface area contributed by atoms with Crippen LogP contribution in [0.3, 0.4) is 0 Å². The van der Waals surface area contributed by atoms with Crippen LogP contribution in [-0.4, -0.2) is 0 Å². The maximum Gasteiger partial charge on any atom is 0.0181 e. The van der Waals surface area contributed by atoms with Gasteiger partial charge in [0.25, 0.3) is 0 Å². The van der Waals surface area contributed by atoms with Crippen LogP contribution in [0.25, 0.3) is 22.3 Å². The first-order valence-electron chi connectivity index (χ1n) is 7.58. The van der Waals surface area contributed by atoms with Crippen molar-refractivity contribution >= 4 is 15.9 Å². The van der Waals surface area contributed by atoms with Crippen LogP contribution in [0.2, 0.25) is 0 Å². The van der Waals surface area contributed by atoms with E-state index in [9.17, 15) is 0 Å². The van der Waals surface area contributed by atoms with Gasteiger partial charge in [-0.2, -0.15) is 0 Å². The smallest absolute Gasteiger partial charge is 0.0181 e. The van der Waals surface area contributed by atoms with Crippen LogP contribution in [-0.2, 0) is 5.41 Å². The molecular weight excluding hydrogens is 332 g/mol. The van der Waals surface area contributed by atoms with E-state index in [-0.39, 0.29) is 5.41 Å². The second kappa shape index (κ2) is 4.82. The monoisotopic (exact) mass is 348 g/mol. The number of fused-ring (bicyclic) bond motifs is 3. The highest BCUT2D eigenvalue weighted by Crippen LogP contribution is 2.52. The van der Waals surface area contributed by atoms with Crippen LogP contribution in [0, 0.1) is 0 Å². The first-order chi connectivity index (χ1) is 10.6. The van der Waals surface area contributed by atoms with E-state index >= 15 is 0 Å². The van der Waals surface area contributed by atoms with Crippen LogP contribution >= 0.6 is 15.9 Å². The summed E-state index contributed by atoms with van der Waals surface area (Å²) in [6.45, 7) is 4.64. The van der Waals surface area contributed by atoms with E-state index in [4.69, 9.17) is 0 Å². The fourth-order valence-corrected chi connectivity index (χ4v) is 4.00. The first-order valence-corrected chi connectivity index (χ1v) is 8.37. The SMILES string of the molecule is CC1(C)c2ccc(Br)cc2-c2c(-c3ccccc3)cccc21. The maximum atomic E-state index is 3.64. The molecule has 0 atom stereocenters. The van der Waals surface area contributed by atoms with E-state index < -0.39 is 0 Å². The molecule has 1 aliphatic carbocycles.